The summed E-state index contributed by atoms with van der Waals surface area (Å²) in [4.78, 5) is 6.82. The van der Waals surface area contributed by atoms with Gasteiger partial charge in [0.05, 0.1) is 25.4 Å². The largest absolute Gasteiger partial charge is 0.494 e. The highest BCUT2D eigenvalue weighted by Gasteiger charge is 2.23. The van der Waals surface area contributed by atoms with Gasteiger partial charge < -0.3 is 24.4 Å². The second-order valence-electron chi connectivity index (χ2n) is 7.77. The van der Waals surface area contributed by atoms with Crippen LogP contribution in [-0.2, 0) is 15.9 Å². The van der Waals surface area contributed by atoms with E-state index in [-0.39, 0.29) is 24.0 Å². The number of nitrogens with one attached hydrogen (secondary N) is 1. The fourth-order valence-corrected chi connectivity index (χ4v) is 4.06. The molecule has 1 aromatic carbocycles. The van der Waals surface area contributed by atoms with Gasteiger partial charge in [0.1, 0.15) is 5.75 Å². The first kappa shape index (κ1) is 25.2. The second-order valence-corrected chi connectivity index (χ2v) is 7.77. The van der Waals surface area contributed by atoms with Crippen LogP contribution in [0.3, 0.4) is 0 Å². The molecule has 0 spiro atoms. The number of rotatable bonds is 8. The Hall–Kier alpha value is -1.06. The molecule has 2 saturated heterocycles. The third-order valence-electron chi connectivity index (χ3n) is 5.70. The maximum absolute atomic E-state index is 6.13. The van der Waals surface area contributed by atoms with Crippen molar-refractivity contribution < 1.29 is 14.2 Å². The van der Waals surface area contributed by atoms with Crippen LogP contribution >= 0.6 is 24.0 Å². The number of halogens is 1. The summed E-state index contributed by atoms with van der Waals surface area (Å²) in [5.41, 5.74) is 1.23. The number of hydrogen-bond donors (Lipinski definition) is 1. The molecule has 2 aliphatic heterocycles. The van der Waals surface area contributed by atoms with Gasteiger partial charge in [-0.15, -0.1) is 24.0 Å². The Kier molecular flexibility index (Phi) is 11.8. The van der Waals surface area contributed by atoms with Crippen LogP contribution in [0.4, 0.5) is 0 Å². The minimum atomic E-state index is 0. The smallest absolute Gasteiger partial charge is 0.193 e. The van der Waals surface area contributed by atoms with Crippen LogP contribution < -0.4 is 10.1 Å². The fourth-order valence-electron chi connectivity index (χ4n) is 4.06. The summed E-state index contributed by atoms with van der Waals surface area (Å²) in [5, 5.41) is 3.52. The van der Waals surface area contributed by atoms with Crippen molar-refractivity contribution in [1.82, 2.24) is 10.2 Å². The lowest BCUT2D eigenvalue weighted by atomic mass is 10.1. The Morgan fingerprint density at radius 3 is 2.70 bits per heavy atom. The lowest BCUT2D eigenvalue weighted by molar-refractivity contribution is -0.0721. The zero-order chi connectivity index (χ0) is 20.3. The van der Waals surface area contributed by atoms with E-state index >= 15 is 0 Å². The quantitative estimate of drug-likeness (QED) is 0.314. The maximum atomic E-state index is 6.13. The van der Waals surface area contributed by atoms with Gasteiger partial charge >= 0.3 is 0 Å². The summed E-state index contributed by atoms with van der Waals surface area (Å²) in [5.74, 6) is 1.96. The molecule has 1 aromatic rings. The van der Waals surface area contributed by atoms with E-state index in [9.17, 15) is 0 Å². The van der Waals surface area contributed by atoms with E-state index < -0.39 is 0 Å². The van der Waals surface area contributed by atoms with Gasteiger partial charge in [-0.3, -0.25) is 4.99 Å². The number of aliphatic imine (C=N–C) groups is 1. The van der Waals surface area contributed by atoms with Gasteiger partial charge in [-0.05, 0) is 57.1 Å². The molecule has 30 heavy (non-hydrogen) atoms. The molecular weight excluding hydrogens is 493 g/mol. The van der Waals surface area contributed by atoms with Crippen LogP contribution in [0.25, 0.3) is 0 Å². The van der Waals surface area contributed by atoms with Gasteiger partial charge in [0.2, 0.25) is 0 Å². The Balaban J connectivity index is 0.00000320. The minimum Gasteiger partial charge on any atom is -0.494 e. The molecule has 0 amide bonds. The van der Waals surface area contributed by atoms with E-state index in [1.54, 1.807) is 0 Å². The summed E-state index contributed by atoms with van der Waals surface area (Å²) in [7, 11) is 1.86. The molecule has 1 atom stereocenters. The maximum Gasteiger partial charge on any atom is 0.193 e. The van der Waals surface area contributed by atoms with Crippen LogP contribution in [0.5, 0.6) is 5.75 Å². The van der Waals surface area contributed by atoms with Gasteiger partial charge in [-0.2, -0.15) is 0 Å². The molecule has 2 heterocycles. The third kappa shape index (κ3) is 7.89. The predicted octanol–water partition coefficient (Wildman–Crippen LogP) is 3.87. The molecule has 2 fully saturated rings. The molecule has 0 radical (unpaired) electrons. The first-order valence-electron chi connectivity index (χ1n) is 11.2. The summed E-state index contributed by atoms with van der Waals surface area (Å²) in [6, 6.07) is 8.26. The molecule has 6 nitrogen and oxygen atoms in total. The highest BCUT2D eigenvalue weighted by molar-refractivity contribution is 14.0. The number of likely N-dealkylation sites (tertiary alicyclic amines) is 1. The monoisotopic (exact) mass is 531 g/mol. The number of hydrogen-bond acceptors (Lipinski definition) is 4. The Morgan fingerprint density at radius 1 is 1.20 bits per heavy atom. The summed E-state index contributed by atoms with van der Waals surface area (Å²) >= 11 is 0. The average Bonchev–Trinajstić information content (AvgIpc) is 2.78. The summed E-state index contributed by atoms with van der Waals surface area (Å²) in [6.45, 7) is 7.14. The van der Waals surface area contributed by atoms with Crippen molar-refractivity contribution in [1.29, 1.82) is 0 Å². The highest BCUT2D eigenvalue weighted by atomic mass is 127. The number of benzene rings is 1. The summed E-state index contributed by atoms with van der Waals surface area (Å²) in [6.07, 6.45) is 7.24. The van der Waals surface area contributed by atoms with Gasteiger partial charge in [-0.1, -0.05) is 18.2 Å². The zero-order valence-corrected chi connectivity index (χ0v) is 20.8. The molecule has 1 N–H and O–H groups in total. The van der Waals surface area contributed by atoms with E-state index in [0.29, 0.717) is 18.8 Å². The van der Waals surface area contributed by atoms with Gasteiger partial charge in [0.15, 0.2) is 5.96 Å². The van der Waals surface area contributed by atoms with Crippen molar-refractivity contribution in [3.05, 3.63) is 29.8 Å². The van der Waals surface area contributed by atoms with Crippen LogP contribution in [0.1, 0.15) is 44.6 Å². The molecule has 0 aromatic heterocycles. The normalized spacial score (nSPS) is 20.5. The standard InChI is InChI=1S/C23H37N3O3.HI/c1-3-27-22-10-5-4-8-19(22)11-14-25-23(24-2)26-15-12-20(13-16-26)29-18-21-9-6-7-17-28-21;/h4-5,8,10,20-21H,3,6-7,9,11-18H2,1-2H3,(H,24,25);1H. The Morgan fingerprint density at radius 2 is 2.00 bits per heavy atom. The highest BCUT2D eigenvalue weighted by Crippen LogP contribution is 2.19. The number of nitrogens with zero attached hydrogens (tertiary/aromatic N) is 2. The molecule has 170 valence electrons. The topological polar surface area (TPSA) is 55.3 Å². The molecule has 0 aliphatic carbocycles. The number of guanidine groups is 1. The third-order valence-corrected chi connectivity index (χ3v) is 5.70. The van der Waals surface area contributed by atoms with Gasteiger partial charge in [0, 0.05) is 33.3 Å². The van der Waals surface area contributed by atoms with E-state index in [4.69, 9.17) is 14.2 Å². The van der Waals surface area contributed by atoms with Crippen LogP contribution in [0.2, 0.25) is 0 Å². The van der Waals surface area contributed by atoms with E-state index in [1.165, 1.54) is 18.4 Å². The van der Waals surface area contributed by atoms with Crippen LogP contribution in [0, 0.1) is 0 Å². The second kappa shape index (κ2) is 14.1. The van der Waals surface area contributed by atoms with E-state index in [0.717, 1.165) is 70.2 Å². The van der Waals surface area contributed by atoms with Gasteiger partial charge in [0.25, 0.3) is 0 Å². The molecule has 1 unspecified atom stereocenters. The van der Waals surface area contributed by atoms with Gasteiger partial charge in [-0.25, -0.2) is 0 Å². The SMILES string of the molecule is CCOc1ccccc1CCNC(=NC)N1CCC(OCC2CCCCO2)CC1.I. The Bertz CT molecular complexity index is 630. The lowest BCUT2D eigenvalue weighted by Gasteiger charge is -2.35. The predicted molar refractivity (Wildman–Crippen MR) is 132 cm³/mol. The van der Waals surface area contributed by atoms with Crippen molar-refractivity contribution in [2.75, 3.05) is 46.5 Å². The van der Waals surface area contributed by atoms with E-state index in [1.807, 2.05) is 26.1 Å². The first-order chi connectivity index (χ1) is 14.3. The number of ether oxygens (including phenoxy) is 3. The zero-order valence-electron chi connectivity index (χ0n) is 18.5. The minimum absolute atomic E-state index is 0. The number of para-hydroxylation sites is 1. The molecule has 2 aliphatic rings. The van der Waals surface area contributed by atoms with Crippen LogP contribution in [-0.4, -0.2) is 69.6 Å². The molecule has 7 heteroatoms. The van der Waals surface area contributed by atoms with Crippen molar-refractivity contribution >= 4 is 29.9 Å². The lowest BCUT2D eigenvalue weighted by Crippen LogP contribution is -2.47. The van der Waals surface area contributed by atoms with Crippen LogP contribution in [0.15, 0.2) is 29.3 Å². The Labute approximate surface area is 198 Å². The number of piperidine rings is 1. The summed E-state index contributed by atoms with van der Waals surface area (Å²) < 4.78 is 17.6. The fraction of sp³-hybridized carbons (Fsp3) is 0.696. The van der Waals surface area contributed by atoms with Crippen molar-refractivity contribution in [3.63, 3.8) is 0 Å². The molecule has 0 bridgehead atoms. The average molecular weight is 531 g/mol. The molecule has 3 rings (SSSR count). The molecular formula is C23H38IN3O3. The van der Waals surface area contributed by atoms with E-state index in [2.05, 4.69) is 27.3 Å². The van der Waals surface area contributed by atoms with Crippen molar-refractivity contribution in [3.8, 4) is 5.75 Å². The first-order valence-corrected chi connectivity index (χ1v) is 11.2. The molecule has 0 saturated carbocycles. The van der Waals surface area contributed by atoms with Crippen molar-refractivity contribution in [2.45, 2.75) is 57.7 Å². The van der Waals surface area contributed by atoms with Crippen molar-refractivity contribution in [2.24, 2.45) is 4.99 Å².